The van der Waals surface area contributed by atoms with Crippen molar-refractivity contribution in [2.24, 2.45) is 0 Å². The Morgan fingerprint density at radius 3 is 2.40 bits per heavy atom. The maximum atomic E-state index is 13.0. The number of nitrogens with zero attached hydrogens (tertiary/aromatic N) is 1. The van der Waals surface area contributed by atoms with Gasteiger partial charge >= 0.3 is 6.18 Å². The maximum absolute atomic E-state index is 13.0. The minimum atomic E-state index is -4.54. The molecule has 2 fully saturated rings. The molecule has 0 amide bonds. The molecular weight excluding hydrogens is 575 g/mol. The predicted molar refractivity (Wildman–Crippen MR) is 139 cm³/mol. The average Bonchev–Trinajstić information content (AvgIpc) is 3.32. The van der Waals surface area contributed by atoms with Gasteiger partial charge in [0.15, 0.2) is 0 Å². The average molecular weight is 608 g/mol. The highest BCUT2D eigenvalue weighted by Gasteiger charge is 2.45. The zero-order valence-corrected chi connectivity index (χ0v) is 23.4. The first-order valence-electron chi connectivity index (χ1n) is 12.6. The topological polar surface area (TPSA) is 134 Å². The van der Waals surface area contributed by atoms with Crippen molar-refractivity contribution < 1.29 is 44.6 Å². The SMILES string of the molecule is CNS(=O)(=O)c1cccc(OC[C@@H](O)CNC2COC3(CCN(S(=O)(=O)c4ccc(C(F)(F)F)cc4)CC3)C2)c1. The molecule has 0 aliphatic carbocycles. The highest BCUT2D eigenvalue weighted by molar-refractivity contribution is 7.89. The molecule has 2 aromatic carbocycles. The van der Waals surface area contributed by atoms with Crippen molar-refractivity contribution in [3.63, 3.8) is 0 Å². The first-order valence-corrected chi connectivity index (χ1v) is 15.6. The van der Waals surface area contributed by atoms with Gasteiger partial charge in [0, 0.05) is 31.7 Å². The van der Waals surface area contributed by atoms with Crippen LogP contribution < -0.4 is 14.8 Å². The van der Waals surface area contributed by atoms with E-state index in [2.05, 4.69) is 10.0 Å². The van der Waals surface area contributed by atoms with Gasteiger partial charge in [-0.3, -0.25) is 0 Å². The first-order chi connectivity index (χ1) is 18.7. The molecular formula is C25H32F3N3O7S2. The Labute approximate surface area is 231 Å². The molecule has 10 nitrogen and oxygen atoms in total. The number of aliphatic hydroxyl groups excluding tert-OH is 1. The van der Waals surface area contributed by atoms with Gasteiger partial charge in [-0.2, -0.15) is 17.5 Å². The van der Waals surface area contributed by atoms with Crippen LogP contribution in [-0.4, -0.2) is 83.9 Å². The van der Waals surface area contributed by atoms with Crippen LogP contribution in [0, 0.1) is 0 Å². The van der Waals surface area contributed by atoms with Gasteiger partial charge in [0.25, 0.3) is 0 Å². The van der Waals surface area contributed by atoms with Crippen molar-refractivity contribution in [2.45, 2.75) is 53.0 Å². The van der Waals surface area contributed by atoms with Gasteiger partial charge in [0.2, 0.25) is 20.0 Å². The molecule has 0 bridgehead atoms. The van der Waals surface area contributed by atoms with E-state index in [-0.39, 0.29) is 42.1 Å². The highest BCUT2D eigenvalue weighted by atomic mass is 32.2. The minimum Gasteiger partial charge on any atom is -0.491 e. The standard InChI is InChI=1S/C25H32F3N3O7S2/c1-29-39(33,34)23-4-2-3-21(13-23)37-17-20(32)15-30-19-14-24(38-16-19)9-11-31(12-10-24)40(35,36)22-7-5-18(6-8-22)25(26,27)28/h2-8,13,19-20,29-30,32H,9-12,14-17H2,1H3/t19?,20-/m0/s1. The molecule has 0 radical (unpaired) electrons. The third-order valence-corrected chi connectivity index (χ3v) is 10.5. The molecule has 1 unspecified atom stereocenters. The van der Waals surface area contributed by atoms with E-state index in [0.717, 1.165) is 24.3 Å². The van der Waals surface area contributed by atoms with Crippen molar-refractivity contribution >= 4 is 20.0 Å². The molecule has 2 saturated heterocycles. The number of aliphatic hydroxyl groups is 1. The van der Waals surface area contributed by atoms with Crippen LogP contribution in [0.2, 0.25) is 0 Å². The first kappa shape index (κ1) is 30.7. The number of alkyl halides is 3. The van der Waals surface area contributed by atoms with Crippen LogP contribution in [0.15, 0.2) is 58.3 Å². The summed E-state index contributed by atoms with van der Waals surface area (Å²) in [5, 5.41) is 13.6. The van der Waals surface area contributed by atoms with Gasteiger partial charge in [-0.25, -0.2) is 21.6 Å². The summed E-state index contributed by atoms with van der Waals surface area (Å²) in [5.74, 6) is 0.302. The monoisotopic (exact) mass is 607 g/mol. The summed E-state index contributed by atoms with van der Waals surface area (Å²) >= 11 is 0. The van der Waals surface area contributed by atoms with Crippen LogP contribution in [0.3, 0.4) is 0 Å². The minimum absolute atomic E-state index is 0.0479. The number of ether oxygens (including phenoxy) is 2. The summed E-state index contributed by atoms with van der Waals surface area (Å²) in [5.41, 5.74) is -1.43. The zero-order chi connectivity index (χ0) is 29.2. The van der Waals surface area contributed by atoms with Crippen molar-refractivity contribution in [2.75, 3.05) is 39.9 Å². The number of piperidine rings is 1. The van der Waals surface area contributed by atoms with E-state index in [1.165, 1.54) is 23.5 Å². The molecule has 40 heavy (non-hydrogen) atoms. The molecule has 2 heterocycles. The normalized spacial score (nSPS) is 21.0. The van der Waals surface area contributed by atoms with E-state index in [1.54, 1.807) is 12.1 Å². The van der Waals surface area contributed by atoms with Crippen LogP contribution in [0.4, 0.5) is 13.2 Å². The van der Waals surface area contributed by atoms with E-state index >= 15 is 0 Å². The molecule has 2 aliphatic rings. The Hall–Kier alpha value is -2.27. The maximum Gasteiger partial charge on any atom is 0.416 e. The summed E-state index contributed by atoms with van der Waals surface area (Å²) in [6, 6.07) is 9.34. The third-order valence-electron chi connectivity index (χ3n) is 7.13. The van der Waals surface area contributed by atoms with E-state index in [9.17, 15) is 35.1 Å². The molecule has 2 aliphatic heterocycles. The zero-order valence-electron chi connectivity index (χ0n) is 21.7. The molecule has 0 aromatic heterocycles. The van der Waals surface area contributed by atoms with Gasteiger partial charge in [0.1, 0.15) is 18.5 Å². The van der Waals surface area contributed by atoms with Crippen LogP contribution in [0.1, 0.15) is 24.8 Å². The van der Waals surface area contributed by atoms with Crippen molar-refractivity contribution in [3.8, 4) is 5.75 Å². The Balaban J connectivity index is 1.23. The largest absolute Gasteiger partial charge is 0.491 e. The fourth-order valence-corrected chi connectivity index (χ4v) is 7.03. The lowest BCUT2D eigenvalue weighted by Gasteiger charge is -2.38. The Morgan fingerprint density at radius 2 is 1.77 bits per heavy atom. The van der Waals surface area contributed by atoms with Crippen molar-refractivity contribution in [3.05, 3.63) is 54.1 Å². The quantitative estimate of drug-likeness (QED) is 0.373. The fourth-order valence-electron chi connectivity index (χ4n) is 4.83. The van der Waals surface area contributed by atoms with E-state index < -0.39 is 43.5 Å². The van der Waals surface area contributed by atoms with Crippen LogP contribution >= 0.6 is 0 Å². The molecule has 15 heteroatoms. The number of nitrogens with one attached hydrogen (secondary N) is 2. The van der Waals surface area contributed by atoms with Crippen molar-refractivity contribution in [1.82, 2.24) is 14.3 Å². The second-order valence-electron chi connectivity index (χ2n) is 9.88. The number of rotatable bonds is 10. The molecule has 1 spiro atoms. The van der Waals surface area contributed by atoms with E-state index in [0.29, 0.717) is 31.6 Å². The van der Waals surface area contributed by atoms with Gasteiger partial charge in [-0.15, -0.1) is 0 Å². The Kier molecular flexibility index (Phi) is 9.14. The lowest BCUT2D eigenvalue weighted by Crippen LogP contribution is -2.47. The molecule has 222 valence electrons. The lowest BCUT2D eigenvalue weighted by molar-refractivity contribution is -0.137. The van der Waals surface area contributed by atoms with Crippen LogP contribution in [-0.2, 0) is 31.0 Å². The number of halogens is 3. The smallest absolute Gasteiger partial charge is 0.416 e. The van der Waals surface area contributed by atoms with Crippen LogP contribution in [0.25, 0.3) is 0 Å². The summed E-state index contributed by atoms with van der Waals surface area (Å²) in [4.78, 5) is -0.137. The van der Waals surface area contributed by atoms with E-state index in [1.807, 2.05) is 0 Å². The number of benzene rings is 2. The van der Waals surface area contributed by atoms with Gasteiger partial charge < -0.3 is 19.9 Å². The summed E-state index contributed by atoms with van der Waals surface area (Å²) in [7, 11) is -6.25. The number of sulfonamides is 2. The van der Waals surface area contributed by atoms with Gasteiger partial charge in [0.05, 0.1) is 27.6 Å². The third kappa shape index (κ3) is 7.13. The fraction of sp³-hybridized carbons (Fsp3) is 0.520. The molecule has 2 atom stereocenters. The van der Waals surface area contributed by atoms with Crippen LogP contribution in [0.5, 0.6) is 5.75 Å². The number of hydrogen-bond acceptors (Lipinski definition) is 8. The van der Waals surface area contributed by atoms with Gasteiger partial charge in [-0.1, -0.05) is 6.07 Å². The molecule has 4 rings (SSSR count). The predicted octanol–water partition coefficient (Wildman–Crippen LogP) is 1.96. The molecule has 2 aromatic rings. The van der Waals surface area contributed by atoms with Gasteiger partial charge in [-0.05, 0) is 62.7 Å². The second kappa shape index (κ2) is 11.9. The Bertz CT molecular complexity index is 1380. The summed E-state index contributed by atoms with van der Waals surface area (Å²) < 4.78 is 103. The van der Waals surface area contributed by atoms with E-state index in [4.69, 9.17) is 9.47 Å². The highest BCUT2D eigenvalue weighted by Crippen LogP contribution is 2.38. The summed E-state index contributed by atoms with van der Waals surface area (Å²) in [6.07, 6.45) is -3.95. The summed E-state index contributed by atoms with van der Waals surface area (Å²) in [6.45, 7) is 0.867. The number of hydrogen-bond donors (Lipinski definition) is 3. The lowest BCUT2D eigenvalue weighted by atomic mass is 9.88. The van der Waals surface area contributed by atoms with Crippen molar-refractivity contribution in [1.29, 1.82) is 0 Å². The molecule has 3 N–H and O–H groups in total. The Morgan fingerprint density at radius 1 is 1.10 bits per heavy atom. The molecule has 0 saturated carbocycles. The second-order valence-corrected chi connectivity index (χ2v) is 13.7.